The van der Waals surface area contributed by atoms with Gasteiger partial charge < -0.3 is 9.64 Å². The number of fused-ring (bicyclic) bond motifs is 3. The summed E-state index contributed by atoms with van der Waals surface area (Å²) in [5.74, 6) is 0.621. The number of rotatable bonds is 2. The lowest BCUT2D eigenvalue weighted by molar-refractivity contribution is 0.0646. The van der Waals surface area contributed by atoms with Gasteiger partial charge in [-0.15, -0.1) is 0 Å². The fourth-order valence-corrected chi connectivity index (χ4v) is 4.74. The zero-order valence-corrected chi connectivity index (χ0v) is 14.6. The Morgan fingerprint density at radius 3 is 2.80 bits per heavy atom. The normalized spacial score (nSPS) is 27.5. The monoisotopic (exact) mass is 340 g/mol. The van der Waals surface area contributed by atoms with Crippen LogP contribution >= 0.6 is 0 Å². The molecular weight excluding hydrogens is 316 g/mol. The van der Waals surface area contributed by atoms with Crippen LogP contribution in [0.25, 0.3) is 10.9 Å². The molecule has 1 aromatic carbocycles. The van der Waals surface area contributed by atoms with E-state index in [0.717, 1.165) is 56.5 Å². The van der Waals surface area contributed by atoms with Crippen LogP contribution in [0.1, 0.15) is 41.2 Å². The van der Waals surface area contributed by atoms with Gasteiger partial charge in [0.05, 0.1) is 5.52 Å². The third-order valence-electron chi connectivity index (χ3n) is 6.26. The number of hydrogen-bond donors (Lipinski definition) is 1. The molecule has 0 aliphatic carbocycles. The lowest BCUT2D eigenvalue weighted by Gasteiger charge is -2.31. The van der Waals surface area contributed by atoms with Crippen molar-refractivity contribution in [2.24, 2.45) is 0 Å². The molecule has 0 spiro atoms. The minimum absolute atomic E-state index is 0.0747. The Morgan fingerprint density at radius 2 is 2.08 bits per heavy atom. The van der Waals surface area contributed by atoms with Crippen molar-refractivity contribution in [2.75, 3.05) is 33.4 Å². The molecule has 2 atom stereocenters. The summed E-state index contributed by atoms with van der Waals surface area (Å²) in [6.07, 6.45) is 3.23. The summed E-state index contributed by atoms with van der Waals surface area (Å²) >= 11 is 0. The van der Waals surface area contributed by atoms with Crippen LogP contribution in [0.5, 0.6) is 0 Å². The highest BCUT2D eigenvalue weighted by Crippen LogP contribution is 2.33. The Labute approximate surface area is 147 Å². The van der Waals surface area contributed by atoms with Crippen molar-refractivity contribution in [1.29, 1.82) is 0 Å². The zero-order chi connectivity index (χ0) is 17.0. The van der Waals surface area contributed by atoms with E-state index in [2.05, 4.69) is 40.3 Å². The molecule has 0 radical (unpaired) electrons. The van der Waals surface area contributed by atoms with Crippen molar-refractivity contribution in [2.45, 2.75) is 37.3 Å². The summed E-state index contributed by atoms with van der Waals surface area (Å²) < 4.78 is 5.46. The van der Waals surface area contributed by atoms with E-state index in [1.54, 1.807) is 0 Å². The Bertz CT molecular complexity index is 809. The molecule has 1 amide bonds. The summed E-state index contributed by atoms with van der Waals surface area (Å²) in [7, 11) is 2.15. The molecule has 6 nitrogen and oxygen atoms in total. The number of amides is 1. The molecule has 3 aliphatic heterocycles. The molecule has 2 unspecified atom stereocenters. The molecule has 5 rings (SSSR count). The van der Waals surface area contributed by atoms with E-state index < -0.39 is 0 Å². The van der Waals surface area contributed by atoms with E-state index in [1.807, 2.05) is 4.90 Å². The zero-order valence-electron chi connectivity index (χ0n) is 14.6. The van der Waals surface area contributed by atoms with Gasteiger partial charge in [-0.1, -0.05) is 12.1 Å². The number of carbonyl (C=O) groups is 1. The quantitative estimate of drug-likeness (QED) is 0.908. The number of H-pyrrole nitrogens is 1. The lowest BCUT2D eigenvalue weighted by Crippen LogP contribution is -2.47. The first-order chi connectivity index (χ1) is 12.2. The van der Waals surface area contributed by atoms with Gasteiger partial charge in [0.1, 0.15) is 0 Å². The van der Waals surface area contributed by atoms with Crippen LogP contribution in [0.4, 0.5) is 0 Å². The van der Waals surface area contributed by atoms with Crippen molar-refractivity contribution < 1.29 is 9.53 Å². The minimum atomic E-state index is 0.0747. The van der Waals surface area contributed by atoms with Crippen molar-refractivity contribution in [3.05, 3.63) is 29.5 Å². The second-order valence-corrected chi connectivity index (χ2v) is 7.70. The smallest absolute Gasteiger partial charge is 0.275 e. The van der Waals surface area contributed by atoms with Gasteiger partial charge in [-0.05, 0) is 43.9 Å². The largest absolute Gasteiger partial charge is 0.381 e. The van der Waals surface area contributed by atoms with Crippen LogP contribution in [0, 0.1) is 0 Å². The number of ether oxygens (including phenoxy) is 1. The number of nitrogens with zero attached hydrogens (tertiary/aromatic N) is 3. The number of aromatic amines is 1. The second kappa shape index (κ2) is 5.81. The Balaban J connectivity index is 1.42. The van der Waals surface area contributed by atoms with Crippen molar-refractivity contribution in [1.82, 2.24) is 20.0 Å². The van der Waals surface area contributed by atoms with Crippen LogP contribution in [0.3, 0.4) is 0 Å². The number of likely N-dealkylation sites (N-methyl/N-ethyl adjacent to an activating group) is 1. The topological polar surface area (TPSA) is 61.5 Å². The molecule has 3 aliphatic rings. The Kier molecular flexibility index (Phi) is 3.57. The molecule has 1 aromatic heterocycles. The summed E-state index contributed by atoms with van der Waals surface area (Å²) in [5.41, 5.74) is 2.86. The molecule has 0 saturated carbocycles. The van der Waals surface area contributed by atoms with E-state index in [4.69, 9.17) is 4.74 Å². The first-order valence-corrected chi connectivity index (χ1v) is 9.27. The molecule has 4 heterocycles. The van der Waals surface area contributed by atoms with E-state index in [1.165, 1.54) is 5.56 Å². The third kappa shape index (κ3) is 2.47. The molecular formula is C19H24N4O2. The number of piperazine rings is 1. The van der Waals surface area contributed by atoms with E-state index in [-0.39, 0.29) is 5.91 Å². The minimum Gasteiger partial charge on any atom is -0.381 e. The van der Waals surface area contributed by atoms with Crippen LogP contribution < -0.4 is 0 Å². The average molecular weight is 340 g/mol. The number of hydrogen-bond acceptors (Lipinski definition) is 4. The van der Waals surface area contributed by atoms with Crippen LogP contribution in [-0.2, 0) is 4.74 Å². The fraction of sp³-hybridized carbons (Fsp3) is 0.579. The highest BCUT2D eigenvalue weighted by atomic mass is 16.5. The molecule has 6 heteroatoms. The highest BCUT2D eigenvalue weighted by molar-refractivity contribution is 6.05. The fourth-order valence-electron chi connectivity index (χ4n) is 4.74. The number of likely N-dealkylation sites (tertiary alicyclic amines) is 2. The maximum absolute atomic E-state index is 13.0. The van der Waals surface area contributed by atoms with Crippen LogP contribution in [0.2, 0.25) is 0 Å². The van der Waals surface area contributed by atoms with Crippen molar-refractivity contribution in [3.8, 4) is 0 Å². The molecule has 2 aromatic rings. The molecule has 1 N–H and O–H groups in total. The second-order valence-electron chi connectivity index (χ2n) is 7.70. The third-order valence-corrected chi connectivity index (χ3v) is 6.26. The van der Waals surface area contributed by atoms with Gasteiger partial charge in [0.25, 0.3) is 5.91 Å². The van der Waals surface area contributed by atoms with Crippen LogP contribution in [0.15, 0.2) is 18.2 Å². The maximum Gasteiger partial charge on any atom is 0.275 e. The number of benzene rings is 1. The molecule has 2 bridgehead atoms. The van der Waals surface area contributed by atoms with E-state index >= 15 is 0 Å². The SMILES string of the molecule is CN1CC2CC1CN2C(=O)c1n[nH]c2cc(C3CCOCC3)ccc12. The highest BCUT2D eigenvalue weighted by Gasteiger charge is 2.44. The average Bonchev–Trinajstić information content (AvgIpc) is 3.34. The van der Waals surface area contributed by atoms with Gasteiger partial charge in [-0.2, -0.15) is 5.10 Å². The van der Waals surface area contributed by atoms with E-state index in [9.17, 15) is 4.79 Å². The van der Waals surface area contributed by atoms with E-state index in [0.29, 0.717) is 23.7 Å². The maximum atomic E-state index is 13.0. The lowest BCUT2D eigenvalue weighted by atomic mass is 9.91. The molecule has 3 saturated heterocycles. The molecule has 3 fully saturated rings. The van der Waals surface area contributed by atoms with Gasteiger partial charge in [-0.25, -0.2) is 0 Å². The summed E-state index contributed by atoms with van der Waals surface area (Å²) in [6.45, 7) is 3.48. The summed E-state index contributed by atoms with van der Waals surface area (Å²) in [6, 6.07) is 7.25. The van der Waals surface area contributed by atoms with Gasteiger partial charge in [0.2, 0.25) is 0 Å². The number of carbonyl (C=O) groups excluding carboxylic acids is 1. The Morgan fingerprint density at radius 1 is 1.24 bits per heavy atom. The van der Waals surface area contributed by atoms with Crippen molar-refractivity contribution in [3.63, 3.8) is 0 Å². The Hall–Kier alpha value is -1.92. The first kappa shape index (κ1) is 15.3. The van der Waals surface area contributed by atoms with Gasteiger partial charge in [0.15, 0.2) is 5.69 Å². The predicted octanol–water partition coefficient (Wildman–Crippen LogP) is 1.99. The standard InChI is InChI=1S/C19H24N4O2/c1-22-10-15-9-14(22)11-23(15)19(24)18-16-3-2-13(8-17(16)20-21-18)12-4-6-25-7-5-12/h2-3,8,12,14-15H,4-7,9-11H2,1H3,(H,20,21). The number of aromatic nitrogens is 2. The van der Waals surface area contributed by atoms with Crippen LogP contribution in [-0.4, -0.2) is 71.3 Å². The molecule has 132 valence electrons. The van der Waals surface area contributed by atoms with Gasteiger partial charge in [0, 0.05) is 43.8 Å². The summed E-state index contributed by atoms with van der Waals surface area (Å²) in [5, 5.41) is 8.40. The van der Waals surface area contributed by atoms with Crippen molar-refractivity contribution >= 4 is 16.8 Å². The first-order valence-electron chi connectivity index (χ1n) is 9.27. The predicted molar refractivity (Wildman–Crippen MR) is 94.7 cm³/mol. The number of nitrogens with one attached hydrogen (secondary N) is 1. The van der Waals surface area contributed by atoms with Gasteiger partial charge in [-0.3, -0.25) is 14.8 Å². The van der Waals surface area contributed by atoms with Gasteiger partial charge >= 0.3 is 0 Å². The summed E-state index contributed by atoms with van der Waals surface area (Å²) in [4.78, 5) is 17.4. The molecule has 25 heavy (non-hydrogen) atoms.